The molecule has 6 heteroatoms. The molecule has 26 heavy (non-hydrogen) atoms. The lowest BCUT2D eigenvalue weighted by molar-refractivity contribution is -0.127. The smallest absolute Gasteiger partial charge is 0.293 e. The van der Waals surface area contributed by atoms with Crippen LogP contribution in [0.5, 0.6) is 0 Å². The average molecular weight is 368 g/mol. The Hall–Kier alpha value is -2.34. The quantitative estimate of drug-likeness (QED) is 0.641. The van der Waals surface area contributed by atoms with Gasteiger partial charge in [0.05, 0.1) is 4.91 Å². The predicted octanol–water partition coefficient (Wildman–Crippen LogP) is 3.05. The monoisotopic (exact) mass is 368 g/mol. The molecule has 1 saturated heterocycles. The standard InChI is InChI=1S/C20H20N2O3S/c23-18(16-11-14-6-7-15(16)10-14)21-8-9-22-19(24)17(26-20(22)25)12-13-4-2-1-3-5-13/h1-7,12,14-16H,8-11H2,(H,21,23)/b17-12+. The zero-order chi connectivity index (χ0) is 18.1. The molecule has 1 aromatic carbocycles. The molecule has 2 fully saturated rings. The number of hydrogen-bond donors (Lipinski definition) is 1. The molecule has 5 nitrogen and oxygen atoms in total. The zero-order valence-electron chi connectivity index (χ0n) is 14.3. The highest BCUT2D eigenvalue weighted by atomic mass is 32.2. The van der Waals surface area contributed by atoms with Gasteiger partial charge in [-0.15, -0.1) is 0 Å². The highest BCUT2D eigenvalue weighted by Gasteiger charge is 2.40. The van der Waals surface area contributed by atoms with Crippen LogP contribution in [-0.2, 0) is 9.59 Å². The van der Waals surface area contributed by atoms with Gasteiger partial charge in [0.25, 0.3) is 11.1 Å². The summed E-state index contributed by atoms with van der Waals surface area (Å²) in [4.78, 5) is 38.5. The van der Waals surface area contributed by atoms with Gasteiger partial charge in [0, 0.05) is 19.0 Å². The van der Waals surface area contributed by atoms with Crippen LogP contribution < -0.4 is 5.32 Å². The summed E-state index contributed by atoms with van der Waals surface area (Å²) >= 11 is 0.947. The number of carbonyl (C=O) groups excluding carboxylic acids is 3. The summed E-state index contributed by atoms with van der Waals surface area (Å²) in [6.45, 7) is 0.506. The van der Waals surface area contributed by atoms with Crippen LogP contribution in [-0.4, -0.2) is 35.0 Å². The molecule has 2 bridgehead atoms. The molecule has 1 saturated carbocycles. The van der Waals surface area contributed by atoms with E-state index in [1.165, 1.54) is 4.90 Å². The minimum absolute atomic E-state index is 0.0358. The molecule has 0 spiro atoms. The van der Waals surface area contributed by atoms with Crippen LogP contribution in [0.15, 0.2) is 47.4 Å². The molecule has 1 heterocycles. The van der Waals surface area contributed by atoms with E-state index in [9.17, 15) is 14.4 Å². The number of hydrogen-bond acceptors (Lipinski definition) is 4. The van der Waals surface area contributed by atoms with Gasteiger partial charge >= 0.3 is 0 Å². The van der Waals surface area contributed by atoms with E-state index >= 15 is 0 Å². The van der Waals surface area contributed by atoms with Crippen molar-refractivity contribution >= 4 is 34.9 Å². The first kappa shape index (κ1) is 17.1. The number of nitrogens with zero attached hydrogens (tertiary/aromatic N) is 1. The molecule has 1 aromatic rings. The van der Waals surface area contributed by atoms with E-state index in [-0.39, 0.29) is 29.5 Å². The molecule has 4 rings (SSSR count). The Balaban J connectivity index is 1.31. The van der Waals surface area contributed by atoms with Gasteiger partial charge in [0.15, 0.2) is 0 Å². The summed E-state index contributed by atoms with van der Waals surface area (Å²) < 4.78 is 0. The molecule has 3 atom stereocenters. The minimum atomic E-state index is -0.291. The predicted molar refractivity (Wildman–Crippen MR) is 101 cm³/mol. The Kier molecular flexibility index (Phi) is 4.68. The van der Waals surface area contributed by atoms with Gasteiger partial charge in [-0.3, -0.25) is 19.3 Å². The minimum Gasteiger partial charge on any atom is -0.354 e. The second kappa shape index (κ2) is 7.11. The van der Waals surface area contributed by atoms with Crippen molar-refractivity contribution in [2.75, 3.05) is 13.1 Å². The third-order valence-corrected chi connectivity index (χ3v) is 6.13. The lowest BCUT2D eigenvalue weighted by Crippen LogP contribution is -2.40. The fourth-order valence-corrected chi connectivity index (χ4v) is 4.76. The lowest BCUT2D eigenvalue weighted by Gasteiger charge is -2.19. The molecule has 2 aliphatic carbocycles. The van der Waals surface area contributed by atoms with Crippen LogP contribution in [0.1, 0.15) is 18.4 Å². The molecule has 0 radical (unpaired) electrons. The second-order valence-electron chi connectivity index (χ2n) is 6.92. The third-order valence-electron chi connectivity index (χ3n) is 5.22. The fourth-order valence-electron chi connectivity index (χ4n) is 3.90. The van der Waals surface area contributed by atoms with Crippen LogP contribution in [0.25, 0.3) is 6.08 Å². The average Bonchev–Trinajstić information content (AvgIpc) is 3.34. The number of amides is 3. The summed E-state index contributed by atoms with van der Waals surface area (Å²) in [5.74, 6) is 0.679. The number of benzene rings is 1. The van der Waals surface area contributed by atoms with E-state index in [2.05, 4.69) is 17.5 Å². The topological polar surface area (TPSA) is 66.5 Å². The van der Waals surface area contributed by atoms with Crippen molar-refractivity contribution in [3.63, 3.8) is 0 Å². The SMILES string of the molecule is O=C(NCCN1C(=O)S/C(=C/c2ccccc2)C1=O)C1CC2C=CC1C2. The summed E-state index contributed by atoms with van der Waals surface area (Å²) in [6.07, 6.45) is 8.06. The first-order valence-corrected chi connectivity index (χ1v) is 9.70. The molecule has 3 aliphatic rings. The fraction of sp³-hybridized carbons (Fsp3) is 0.350. The van der Waals surface area contributed by atoms with E-state index in [0.717, 1.165) is 30.2 Å². The van der Waals surface area contributed by atoms with Crippen molar-refractivity contribution in [2.45, 2.75) is 12.8 Å². The number of fused-ring (bicyclic) bond motifs is 2. The van der Waals surface area contributed by atoms with Crippen molar-refractivity contribution in [3.05, 3.63) is 53.0 Å². The van der Waals surface area contributed by atoms with E-state index < -0.39 is 0 Å². The van der Waals surface area contributed by atoms with Crippen molar-refractivity contribution in [1.29, 1.82) is 0 Å². The largest absolute Gasteiger partial charge is 0.354 e. The maximum Gasteiger partial charge on any atom is 0.293 e. The number of thioether (sulfide) groups is 1. The van der Waals surface area contributed by atoms with Gasteiger partial charge in [-0.2, -0.15) is 0 Å². The van der Waals surface area contributed by atoms with E-state index in [0.29, 0.717) is 23.3 Å². The molecule has 134 valence electrons. The van der Waals surface area contributed by atoms with E-state index in [1.54, 1.807) is 6.08 Å². The molecule has 3 unspecified atom stereocenters. The normalized spacial score (nSPS) is 28.4. The van der Waals surface area contributed by atoms with Crippen LogP contribution in [0.3, 0.4) is 0 Å². The molecule has 0 aromatic heterocycles. The van der Waals surface area contributed by atoms with Crippen LogP contribution >= 0.6 is 11.8 Å². The third kappa shape index (κ3) is 3.33. The first-order valence-electron chi connectivity index (χ1n) is 8.88. The Morgan fingerprint density at radius 2 is 2.00 bits per heavy atom. The summed E-state index contributed by atoms with van der Waals surface area (Å²) in [5.41, 5.74) is 0.885. The number of imide groups is 1. The maximum absolute atomic E-state index is 12.5. The highest BCUT2D eigenvalue weighted by molar-refractivity contribution is 8.18. The van der Waals surface area contributed by atoms with Gasteiger partial charge in [-0.25, -0.2) is 0 Å². The highest BCUT2D eigenvalue weighted by Crippen LogP contribution is 2.43. The van der Waals surface area contributed by atoms with Crippen molar-refractivity contribution in [2.24, 2.45) is 17.8 Å². The van der Waals surface area contributed by atoms with E-state index in [4.69, 9.17) is 0 Å². The van der Waals surface area contributed by atoms with Crippen molar-refractivity contribution in [3.8, 4) is 0 Å². The van der Waals surface area contributed by atoms with Crippen LogP contribution in [0.2, 0.25) is 0 Å². The molecule has 1 aliphatic heterocycles. The second-order valence-corrected chi connectivity index (χ2v) is 7.91. The number of rotatable bonds is 5. The van der Waals surface area contributed by atoms with Crippen molar-refractivity contribution < 1.29 is 14.4 Å². The van der Waals surface area contributed by atoms with Gasteiger partial charge in [0.2, 0.25) is 5.91 Å². The Morgan fingerprint density at radius 1 is 1.19 bits per heavy atom. The van der Waals surface area contributed by atoms with Gasteiger partial charge in [-0.05, 0) is 48.1 Å². The summed E-state index contributed by atoms with van der Waals surface area (Å²) in [6, 6.07) is 9.45. The van der Waals surface area contributed by atoms with Gasteiger partial charge in [-0.1, -0.05) is 42.5 Å². The van der Waals surface area contributed by atoms with Gasteiger partial charge < -0.3 is 5.32 Å². The summed E-state index contributed by atoms with van der Waals surface area (Å²) in [5, 5.41) is 2.61. The lowest BCUT2D eigenvalue weighted by atomic mass is 9.93. The zero-order valence-corrected chi connectivity index (χ0v) is 15.1. The Bertz CT molecular complexity index is 803. The Labute approximate surface area is 156 Å². The molecule has 1 N–H and O–H groups in total. The molecule has 3 amide bonds. The van der Waals surface area contributed by atoms with Crippen LogP contribution in [0.4, 0.5) is 4.79 Å². The number of allylic oxidation sites excluding steroid dienone is 2. The molecular formula is C20H20N2O3S. The first-order chi connectivity index (χ1) is 12.6. The van der Waals surface area contributed by atoms with E-state index in [1.807, 2.05) is 30.3 Å². The number of nitrogens with one attached hydrogen (secondary N) is 1. The Morgan fingerprint density at radius 3 is 2.69 bits per heavy atom. The van der Waals surface area contributed by atoms with Crippen molar-refractivity contribution in [1.82, 2.24) is 10.2 Å². The maximum atomic E-state index is 12.5. The summed E-state index contributed by atoms with van der Waals surface area (Å²) in [7, 11) is 0. The number of carbonyl (C=O) groups is 3. The van der Waals surface area contributed by atoms with Crippen LogP contribution in [0, 0.1) is 17.8 Å². The van der Waals surface area contributed by atoms with Gasteiger partial charge in [0.1, 0.15) is 0 Å². The molecular weight excluding hydrogens is 348 g/mol.